The first-order valence-corrected chi connectivity index (χ1v) is 9.12. The maximum atomic E-state index is 11.1. The summed E-state index contributed by atoms with van der Waals surface area (Å²) in [6, 6.07) is 3.40. The Kier molecular flexibility index (Phi) is 3.62. The van der Waals surface area contributed by atoms with Crippen LogP contribution in [0.2, 0.25) is 0 Å². The zero-order valence-corrected chi connectivity index (χ0v) is 14.8. The molecule has 0 bridgehead atoms. The van der Waals surface area contributed by atoms with Crippen molar-refractivity contribution in [2.24, 2.45) is 17.3 Å². The maximum Gasteiger partial charge on any atom is 0.157 e. The molecular formula is C21H26O4. The Morgan fingerprint density at radius 1 is 1.24 bits per heavy atom. The molecule has 0 amide bonds. The number of aliphatic hydroxyl groups is 1. The molecule has 0 saturated heterocycles. The summed E-state index contributed by atoms with van der Waals surface area (Å²) >= 11 is 0. The number of rotatable bonds is 1. The van der Waals surface area contributed by atoms with Crippen LogP contribution in [0, 0.1) is 29.6 Å². The van der Waals surface area contributed by atoms with Crippen LogP contribution in [0.4, 0.5) is 0 Å². The fourth-order valence-electron chi connectivity index (χ4n) is 6.12. The Bertz CT molecular complexity index is 751. The molecule has 0 heterocycles. The van der Waals surface area contributed by atoms with Crippen molar-refractivity contribution >= 4 is 0 Å². The zero-order valence-electron chi connectivity index (χ0n) is 14.8. The molecule has 3 N–H and O–H groups in total. The Morgan fingerprint density at radius 2 is 1.96 bits per heavy atom. The number of benzene rings is 1. The monoisotopic (exact) mass is 342 g/mol. The maximum absolute atomic E-state index is 11.1. The Balaban J connectivity index is 1.81. The lowest BCUT2D eigenvalue weighted by molar-refractivity contribution is -0.116. The number of hydrogen-bond donors (Lipinski definition) is 3. The molecular weight excluding hydrogens is 316 g/mol. The van der Waals surface area contributed by atoms with E-state index in [0.29, 0.717) is 24.7 Å². The van der Waals surface area contributed by atoms with Crippen LogP contribution >= 0.6 is 0 Å². The first-order chi connectivity index (χ1) is 11.8. The van der Waals surface area contributed by atoms with E-state index >= 15 is 0 Å². The Hall–Kier alpha value is -1.70. The summed E-state index contributed by atoms with van der Waals surface area (Å²) in [5, 5.41) is 30.9. The van der Waals surface area contributed by atoms with E-state index in [1.807, 2.05) is 0 Å². The van der Waals surface area contributed by atoms with E-state index in [-0.39, 0.29) is 28.9 Å². The average Bonchev–Trinajstić information content (AvgIpc) is 2.87. The first kappa shape index (κ1) is 16.8. The van der Waals surface area contributed by atoms with Crippen molar-refractivity contribution in [2.45, 2.75) is 56.7 Å². The van der Waals surface area contributed by atoms with E-state index in [1.165, 1.54) is 0 Å². The molecule has 3 aliphatic carbocycles. The van der Waals surface area contributed by atoms with E-state index in [2.05, 4.69) is 12.8 Å². The summed E-state index contributed by atoms with van der Waals surface area (Å²) in [5.41, 5.74) is 0.751. The van der Waals surface area contributed by atoms with Crippen LogP contribution in [0.25, 0.3) is 0 Å². The van der Waals surface area contributed by atoms with E-state index in [9.17, 15) is 15.3 Å². The van der Waals surface area contributed by atoms with Crippen molar-refractivity contribution in [3.8, 4) is 23.8 Å². The summed E-state index contributed by atoms with van der Waals surface area (Å²) < 4.78 is 5.87. The average molecular weight is 342 g/mol. The molecule has 3 aliphatic rings. The molecule has 1 unspecified atom stereocenters. The SMILES string of the molecule is C#CC1(O)CC[C@H]2[C@@H]3CCc4cc(O)c(O)cc4[C@H]3[C@@H](OC)C[C@@]21C. The minimum absolute atomic E-state index is 0.0608. The fraction of sp³-hybridized carbons (Fsp3) is 0.619. The molecule has 0 aromatic heterocycles. The van der Waals surface area contributed by atoms with Gasteiger partial charge in [-0.1, -0.05) is 12.8 Å². The van der Waals surface area contributed by atoms with Crippen LogP contribution in [0.3, 0.4) is 0 Å². The van der Waals surface area contributed by atoms with Crippen LogP contribution in [0.15, 0.2) is 12.1 Å². The number of ether oxygens (including phenoxy) is 1. The molecule has 0 aliphatic heterocycles. The van der Waals surface area contributed by atoms with Gasteiger partial charge in [0, 0.05) is 18.4 Å². The summed E-state index contributed by atoms with van der Waals surface area (Å²) in [6.45, 7) is 2.12. The van der Waals surface area contributed by atoms with Crippen molar-refractivity contribution in [3.05, 3.63) is 23.3 Å². The normalized spacial score (nSPS) is 42.2. The van der Waals surface area contributed by atoms with Crippen molar-refractivity contribution < 1.29 is 20.1 Å². The number of aromatic hydroxyl groups is 2. The van der Waals surface area contributed by atoms with Gasteiger partial charge in [0.05, 0.1) is 6.10 Å². The smallest absolute Gasteiger partial charge is 0.157 e. The number of phenolic OH excluding ortho intramolecular Hbond substituents is 2. The van der Waals surface area contributed by atoms with Crippen LogP contribution < -0.4 is 0 Å². The number of fused-ring (bicyclic) bond motifs is 5. The summed E-state index contributed by atoms with van der Waals surface area (Å²) in [7, 11) is 1.71. The number of terminal acetylenes is 1. The fourth-order valence-corrected chi connectivity index (χ4v) is 6.12. The van der Waals surface area contributed by atoms with Gasteiger partial charge in [0.25, 0.3) is 0 Å². The third-order valence-electron chi connectivity index (χ3n) is 7.47. The van der Waals surface area contributed by atoms with Gasteiger partial charge in [0.2, 0.25) is 0 Å². The van der Waals surface area contributed by atoms with Gasteiger partial charge >= 0.3 is 0 Å². The molecule has 6 atom stereocenters. The van der Waals surface area contributed by atoms with Crippen molar-refractivity contribution in [1.29, 1.82) is 0 Å². The van der Waals surface area contributed by atoms with Gasteiger partial charge in [-0.2, -0.15) is 0 Å². The summed E-state index contributed by atoms with van der Waals surface area (Å²) in [5.74, 6) is 3.42. The lowest BCUT2D eigenvalue weighted by Gasteiger charge is -2.54. The first-order valence-electron chi connectivity index (χ1n) is 9.12. The highest BCUT2D eigenvalue weighted by atomic mass is 16.5. The van der Waals surface area contributed by atoms with E-state index in [4.69, 9.17) is 11.2 Å². The highest BCUT2D eigenvalue weighted by Crippen LogP contribution is 2.64. The van der Waals surface area contributed by atoms with Crippen molar-refractivity contribution in [3.63, 3.8) is 0 Å². The minimum atomic E-state index is -1.07. The quantitative estimate of drug-likeness (QED) is 0.542. The van der Waals surface area contributed by atoms with Gasteiger partial charge in [-0.15, -0.1) is 6.42 Å². The predicted molar refractivity (Wildman–Crippen MR) is 94.4 cm³/mol. The molecule has 25 heavy (non-hydrogen) atoms. The molecule has 1 aromatic carbocycles. The van der Waals surface area contributed by atoms with Gasteiger partial charge in [-0.25, -0.2) is 0 Å². The highest BCUT2D eigenvalue weighted by Gasteiger charge is 2.63. The van der Waals surface area contributed by atoms with Gasteiger partial charge in [-0.3, -0.25) is 0 Å². The lowest BCUT2D eigenvalue weighted by atomic mass is 9.52. The molecule has 1 aromatic rings. The van der Waals surface area contributed by atoms with Gasteiger partial charge in [-0.05, 0) is 67.2 Å². The van der Waals surface area contributed by atoms with Crippen LogP contribution in [-0.2, 0) is 11.2 Å². The minimum Gasteiger partial charge on any atom is -0.504 e. The standard InChI is InChI=1S/C21H26O4/c1-4-21(24)8-7-15-13-6-5-12-9-16(22)17(23)10-14(12)19(13)18(25-3)11-20(15,21)2/h1,9-10,13,15,18-19,22-24H,5-8,11H2,2-3H3/t13-,15-,18-,19-,20-,21?/m0/s1. The van der Waals surface area contributed by atoms with Gasteiger partial charge < -0.3 is 20.1 Å². The molecule has 4 rings (SSSR count). The highest BCUT2D eigenvalue weighted by molar-refractivity contribution is 5.49. The van der Waals surface area contributed by atoms with Crippen molar-refractivity contribution in [1.82, 2.24) is 0 Å². The number of phenols is 2. The topological polar surface area (TPSA) is 69.9 Å². The molecule has 2 saturated carbocycles. The summed E-state index contributed by atoms with van der Waals surface area (Å²) in [6.07, 6.45) is 9.78. The van der Waals surface area contributed by atoms with E-state index in [0.717, 1.165) is 30.4 Å². The number of methoxy groups -OCH3 is 1. The number of hydrogen-bond acceptors (Lipinski definition) is 4. The Morgan fingerprint density at radius 3 is 2.64 bits per heavy atom. The van der Waals surface area contributed by atoms with Gasteiger partial charge in [0.15, 0.2) is 11.5 Å². The van der Waals surface area contributed by atoms with Crippen LogP contribution in [-0.4, -0.2) is 34.1 Å². The largest absolute Gasteiger partial charge is 0.504 e. The third-order valence-corrected chi connectivity index (χ3v) is 7.47. The zero-order chi connectivity index (χ0) is 18.0. The second-order valence-electron chi connectivity index (χ2n) is 8.31. The molecule has 4 heteroatoms. The molecule has 134 valence electrons. The number of aryl methyl sites for hydroxylation is 1. The van der Waals surface area contributed by atoms with Crippen molar-refractivity contribution in [2.75, 3.05) is 7.11 Å². The van der Waals surface area contributed by atoms with Crippen LogP contribution in [0.5, 0.6) is 11.5 Å². The summed E-state index contributed by atoms with van der Waals surface area (Å²) in [4.78, 5) is 0. The van der Waals surface area contributed by atoms with E-state index in [1.54, 1.807) is 19.2 Å². The lowest BCUT2D eigenvalue weighted by Crippen LogP contribution is -2.54. The second-order valence-corrected chi connectivity index (χ2v) is 8.31. The molecule has 4 nitrogen and oxygen atoms in total. The van der Waals surface area contributed by atoms with E-state index < -0.39 is 5.60 Å². The predicted octanol–water partition coefficient (Wildman–Crippen LogP) is 2.94. The van der Waals surface area contributed by atoms with Gasteiger partial charge in [0.1, 0.15) is 5.60 Å². The molecule has 0 radical (unpaired) electrons. The molecule has 0 spiro atoms. The van der Waals surface area contributed by atoms with Crippen LogP contribution in [0.1, 0.15) is 49.7 Å². The Labute approximate surface area is 148 Å². The molecule has 2 fully saturated rings. The third kappa shape index (κ3) is 2.09. The second kappa shape index (κ2) is 5.40.